The lowest BCUT2D eigenvalue weighted by Crippen LogP contribution is -2.12. The number of halogens is 1. The highest BCUT2D eigenvalue weighted by molar-refractivity contribution is 14.1. The summed E-state index contributed by atoms with van der Waals surface area (Å²) in [5, 5.41) is 6.61. The number of nitrogens with two attached hydrogens (primary N) is 1. The Morgan fingerprint density at radius 3 is 2.59 bits per heavy atom. The lowest BCUT2D eigenvalue weighted by atomic mass is 9.98. The number of para-hydroxylation sites is 1. The molecule has 2 aromatic carbocycles. The zero-order valence-electron chi connectivity index (χ0n) is 15.6. The van der Waals surface area contributed by atoms with E-state index in [0.717, 1.165) is 42.5 Å². The Bertz CT molecular complexity index is 1350. The first-order valence-electron chi connectivity index (χ1n) is 9.23. The molecule has 0 fully saturated rings. The van der Waals surface area contributed by atoms with Crippen LogP contribution >= 0.6 is 22.6 Å². The number of benzene rings is 2. The molecular formula is C22H17IN6. The summed E-state index contributed by atoms with van der Waals surface area (Å²) in [6.45, 7) is 2.11. The zero-order valence-corrected chi connectivity index (χ0v) is 17.8. The van der Waals surface area contributed by atoms with Gasteiger partial charge in [-0.05, 0) is 41.6 Å². The molecule has 3 aromatic heterocycles. The maximum atomic E-state index is 6.08. The third-order valence-electron chi connectivity index (χ3n) is 5.09. The molecule has 0 aliphatic rings. The number of nitrogen functional groups attached to an aromatic ring is 1. The van der Waals surface area contributed by atoms with E-state index < -0.39 is 0 Å². The van der Waals surface area contributed by atoms with Crippen LogP contribution in [0.1, 0.15) is 18.5 Å². The molecule has 5 rings (SSSR count). The highest BCUT2D eigenvalue weighted by Crippen LogP contribution is 2.34. The van der Waals surface area contributed by atoms with Crippen LogP contribution < -0.4 is 5.73 Å². The maximum absolute atomic E-state index is 6.08. The predicted molar refractivity (Wildman–Crippen MR) is 123 cm³/mol. The molecule has 0 amide bonds. The Morgan fingerprint density at radius 1 is 1.00 bits per heavy atom. The SMILES string of the molecule is CC(c1cc2ccccc2nc1-c1ccccc1)n1nc(I)c2c(N)ncnc21. The Kier molecular flexibility index (Phi) is 4.39. The van der Waals surface area contributed by atoms with E-state index in [0.29, 0.717) is 5.82 Å². The van der Waals surface area contributed by atoms with Crippen molar-refractivity contribution in [3.63, 3.8) is 0 Å². The lowest BCUT2D eigenvalue weighted by molar-refractivity contribution is 0.575. The molecule has 7 heteroatoms. The molecule has 0 bridgehead atoms. The summed E-state index contributed by atoms with van der Waals surface area (Å²) in [6.07, 6.45) is 1.48. The van der Waals surface area contributed by atoms with Crippen LogP contribution in [0.2, 0.25) is 0 Å². The van der Waals surface area contributed by atoms with E-state index in [1.165, 1.54) is 6.33 Å². The van der Waals surface area contributed by atoms with Gasteiger partial charge >= 0.3 is 0 Å². The Morgan fingerprint density at radius 2 is 1.76 bits per heavy atom. The molecule has 1 unspecified atom stereocenters. The molecule has 0 spiro atoms. The van der Waals surface area contributed by atoms with Gasteiger partial charge in [0, 0.05) is 16.5 Å². The van der Waals surface area contributed by atoms with E-state index in [1.54, 1.807) is 0 Å². The second kappa shape index (κ2) is 7.07. The van der Waals surface area contributed by atoms with Crippen LogP contribution in [0.25, 0.3) is 33.2 Å². The summed E-state index contributed by atoms with van der Waals surface area (Å²) < 4.78 is 2.70. The van der Waals surface area contributed by atoms with Gasteiger partial charge in [0.2, 0.25) is 0 Å². The smallest absolute Gasteiger partial charge is 0.165 e. The molecule has 0 aliphatic carbocycles. The van der Waals surface area contributed by atoms with Gasteiger partial charge in [0.25, 0.3) is 0 Å². The summed E-state index contributed by atoms with van der Waals surface area (Å²) in [7, 11) is 0. The molecular weight excluding hydrogens is 475 g/mol. The minimum absolute atomic E-state index is 0.0948. The molecule has 0 aliphatic heterocycles. The summed E-state index contributed by atoms with van der Waals surface area (Å²) in [6, 6.07) is 20.5. The lowest BCUT2D eigenvalue weighted by Gasteiger charge is -2.18. The van der Waals surface area contributed by atoms with E-state index in [4.69, 9.17) is 15.8 Å². The fourth-order valence-electron chi connectivity index (χ4n) is 3.63. The van der Waals surface area contributed by atoms with Crippen molar-refractivity contribution < 1.29 is 0 Å². The van der Waals surface area contributed by atoms with Crippen molar-refractivity contribution in [3.05, 3.63) is 76.3 Å². The molecule has 0 saturated heterocycles. The van der Waals surface area contributed by atoms with Crippen molar-refractivity contribution in [1.82, 2.24) is 24.7 Å². The van der Waals surface area contributed by atoms with E-state index in [-0.39, 0.29) is 6.04 Å². The number of fused-ring (bicyclic) bond motifs is 2. The third-order valence-corrected chi connectivity index (χ3v) is 5.85. The molecule has 6 nitrogen and oxygen atoms in total. The number of hydrogen-bond acceptors (Lipinski definition) is 5. The number of aromatic nitrogens is 5. The second-order valence-electron chi connectivity index (χ2n) is 6.85. The first-order valence-corrected chi connectivity index (χ1v) is 10.3. The summed E-state index contributed by atoms with van der Waals surface area (Å²) in [4.78, 5) is 13.6. The average molecular weight is 492 g/mol. The van der Waals surface area contributed by atoms with Gasteiger partial charge in [-0.3, -0.25) is 0 Å². The topological polar surface area (TPSA) is 82.5 Å². The standard InChI is InChI=1S/C22H17IN6/c1-13(29-22-18(20(23)28-29)21(24)25-12-26-22)16-11-15-9-5-6-10-17(15)27-19(16)14-7-3-2-4-8-14/h2-13H,1H3,(H2,24,25,26). The number of hydrogen-bond donors (Lipinski definition) is 1. The monoisotopic (exact) mass is 492 g/mol. The largest absolute Gasteiger partial charge is 0.383 e. The fraction of sp³-hybridized carbons (Fsp3) is 0.0909. The van der Waals surface area contributed by atoms with Crippen LogP contribution in [0.4, 0.5) is 5.82 Å². The van der Waals surface area contributed by atoms with E-state index in [1.807, 2.05) is 41.1 Å². The number of anilines is 1. The van der Waals surface area contributed by atoms with Gasteiger partial charge in [-0.15, -0.1) is 0 Å². The maximum Gasteiger partial charge on any atom is 0.165 e. The van der Waals surface area contributed by atoms with Crippen LogP contribution in [-0.4, -0.2) is 24.7 Å². The van der Waals surface area contributed by atoms with Gasteiger partial charge in [-0.25, -0.2) is 19.6 Å². The normalized spacial score (nSPS) is 12.5. The minimum Gasteiger partial charge on any atom is -0.383 e. The molecule has 2 N–H and O–H groups in total. The Labute approximate surface area is 181 Å². The summed E-state index contributed by atoms with van der Waals surface area (Å²) >= 11 is 2.18. The van der Waals surface area contributed by atoms with Crippen molar-refractivity contribution in [2.75, 3.05) is 5.73 Å². The van der Waals surface area contributed by atoms with Crippen molar-refractivity contribution >= 4 is 50.3 Å². The van der Waals surface area contributed by atoms with E-state index in [9.17, 15) is 0 Å². The average Bonchev–Trinajstić information content (AvgIpc) is 3.10. The summed E-state index contributed by atoms with van der Waals surface area (Å²) in [5.74, 6) is 0.442. The molecule has 5 aromatic rings. The molecule has 29 heavy (non-hydrogen) atoms. The van der Waals surface area contributed by atoms with Crippen LogP contribution in [-0.2, 0) is 0 Å². The van der Waals surface area contributed by atoms with Gasteiger partial charge in [0.15, 0.2) is 5.65 Å². The zero-order chi connectivity index (χ0) is 20.0. The highest BCUT2D eigenvalue weighted by atomic mass is 127. The fourth-order valence-corrected chi connectivity index (χ4v) is 4.38. The van der Waals surface area contributed by atoms with Gasteiger partial charge < -0.3 is 5.73 Å². The molecule has 142 valence electrons. The second-order valence-corrected chi connectivity index (χ2v) is 7.88. The Balaban J connectivity index is 1.77. The molecule has 0 radical (unpaired) electrons. The number of pyridine rings is 1. The van der Waals surface area contributed by atoms with Crippen molar-refractivity contribution in [1.29, 1.82) is 0 Å². The quantitative estimate of drug-likeness (QED) is 0.365. The van der Waals surface area contributed by atoms with Gasteiger partial charge in [-0.2, -0.15) is 5.10 Å². The van der Waals surface area contributed by atoms with Crippen LogP contribution in [0.15, 0.2) is 67.0 Å². The van der Waals surface area contributed by atoms with Crippen molar-refractivity contribution in [2.45, 2.75) is 13.0 Å². The van der Waals surface area contributed by atoms with Crippen LogP contribution in [0.5, 0.6) is 0 Å². The van der Waals surface area contributed by atoms with Gasteiger partial charge in [0.05, 0.1) is 22.6 Å². The van der Waals surface area contributed by atoms with E-state index in [2.05, 4.69) is 63.7 Å². The summed E-state index contributed by atoms with van der Waals surface area (Å²) in [5.41, 5.74) is 10.9. The number of rotatable bonds is 3. The first kappa shape index (κ1) is 18.0. The molecule has 0 saturated carbocycles. The van der Waals surface area contributed by atoms with Crippen molar-refractivity contribution in [3.8, 4) is 11.3 Å². The first-order chi connectivity index (χ1) is 14.1. The third kappa shape index (κ3) is 3.02. The van der Waals surface area contributed by atoms with Crippen LogP contribution in [0, 0.1) is 3.70 Å². The van der Waals surface area contributed by atoms with Crippen molar-refractivity contribution in [2.24, 2.45) is 0 Å². The van der Waals surface area contributed by atoms with Gasteiger partial charge in [0.1, 0.15) is 15.8 Å². The predicted octanol–water partition coefficient (Wildman–Crippen LogP) is 4.84. The van der Waals surface area contributed by atoms with E-state index >= 15 is 0 Å². The van der Waals surface area contributed by atoms with Crippen LogP contribution in [0.3, 0.4) is 0 Å². The van der Waals surface area contributed by atoms with Gasteiger partial charge in [-0.1, -0.05) is 48.5 Å². The molecule has 1 atom stereocenters. The highest BCUT2D eigenvalue weighted by Gasteiger charge is 2.22. The Hall–Kier alpha value is -3.07. The minimum atomic E-state index is -0.0948. The molecule has 3 heterocycles. The number of nitrogens with zero attached hydrogens (tertiary/aromatic N) is 5.